The van der Waals surface area contributed by atoms with Crippen molar-refractivity contribution in [3.8, 4) is 0 Å². The predicted octanol–water partition coefficient (Wildman–Crippen LogP) is 3.01. The molecular weight excluding hydrogens is 308 g/mol. The SMILES string of the molecule is CCS[C@H]1CC[C@@H](N(C)C(=O)C2CCN(C(=O)C(C)C)CC2)C1. The summed E-state index contributed by atoms with van der Waals surface area (Å²) >= 11 is 2.03. The first kappa shape index (κ1) is 18.6. The minimum Gasteiger partial charge on any atom is -0.342 e. The maximum absolute atomic E-state index is 12.8. The molecule has 0 aromatic carbocycles. The summed E-state index contributed by atoms with van der Waals surface area (Å²) in [5, 5.41) is 0.728. The van der Waals surface area contributed by atoms with Crippen molar-refractivity contribution < 1.29 is 9.59 Å². The van der Waals surface area contributed by atoms with Crippen molar-refractivity contribution in [1.82, 2.24) is 9.80 Å². The molecule has 0 N–H and O–H groups in total. The van der Waals surface area contributed by atoms with Crippen molar-refractivity contribution in [2.45, 2.75) is 64.2 Å². The minimum atomic E-state index is 0.0522. The van der Waals surface area contributed by atoms with Crippen LogP contribution in [0, 0.1) is 11.8 Å². The molecule has 2 amide bonds. The molecule has 2 aliphatic rings. The summed E-state index contributed by atoms with van der Waals surface area (Å²) in [4.78, 5) is 28.8. The van der Waals surface area contributed by atoms with Crippen molar-refractivity contribution in [2.24, 2.45) is 11.8 Å². The van der Waals surface area contributed by atoms with E-state index < -0.39 is 0 Å². The Bertz CT molecular complexity index is 419. The van der Waals surface area contributed by atoms with Gasteiger partial charge in [0.1, 0.15) is 0 Å². The maximum Gasteiger partial charge on any atom is 0.225 e. The highest BCUT2D eigenvalue weighted by Crippen LogP contribution is 2.33. The normalized spacial score (nSPS) is 25.9. The Labute approximate surface area is 145 Å². The Hall–Kier alpha value is -0.710. The van der Waals surface area contributed by atoms with Crippen LogP contribution in [0.3, 0.4) is 0 Å². The van der Waals surface area contributed by atoms with E-state index in [9.17, 15) is 9.59 Å². The first-order valence-corrected chi connectivity index (χ1v) is 10.2. The highest BCUT2D eigenvalue weighted by atomic mass is 32.2. The number of hydrogen-bond acceptors (Lipinski definition) is 3. The predicted molar refractivity (Wildman–Crippen MR) is 96.5 cm³/mol. The van der Waals surface area contributed by atoms with Gasteiger partial charge < -0.3 is 9.80 Å². The molecule has 1 aliphatic carbocycles. The van der Waals surface area contributed by atoms with Gasteiger partial charge in [0, 0.05) is 43.3 Å². The number of carbonyl (C=O) groups excluding carboxylic acids is 2. The van der Waals surface area contributed by atoms with Gasteiger partial charge in [-0.2, -0.15) is 11.8 Å². The minimum absolute atomic E-state index is 0.0522. The number of amides is 2. The van der Waals surface area contributed by atoms with Gasteiger partial charge in [-0.05, 0) is 37.9 Å². The van der Waals surface area contributed by atoms with E-state index in [1.54, 1.807) is 0 Å². The molecule has 4 nitrogen and oxygen atoms in total. The molecule has 0 aromatic heterocycles. The summed E-state index contributed by atoms with van der Waals surface area (Å²) < 4.78 is 0. The Morgan fingerprint density at radius 1 is 1.17 bits per heavy atom. The fraction of sp³-hybridized carbons (Fsp3) is 0.889. The van der Waals surface area contributed by atoms with Gasteiger partial charge in [-0.3, -0.25) is 9.59 Å². The first-order valence-electron chi connectivity index (χ1n) is 9.11. The lowest BCUT2D eigenvalue weighted by molar-refractivity contribution is -0.142. The van der Waals surface area contributed by atoms with Gasteiger partial charge in [0.05, 0.1) is 0 Å². The molecule has 0 radical (unpaired) electrons. The molecule has 1 aliphatic heterocycles. The van der Waals surface area contributed by atoms with Crippen LogP contribution in [0.5, 0.6) is 0 Å². The molecule has 0 spiro atoms. The molecule has 1 saturated heterocycles. The third-order valence-electron chi connectivity index (χ3n) is 5.30. The molecule has 2 atom stereocenters. The van der Waals surface area contributed by atoms with E-state index in [4.69, 9.17) is 0 Å². The largest absolute Gasteiger partial charge is 0.342 e. The summed E-state index contributed by atoms with van der Waals surface area (Å²) in [6.07, 6.45) is 5.17. The number of hydrogen-bond donors (Lipinski definition) is 0. The maximum atomic E-state index is 12.8. The highest BCUT2D eigenvalue weighted by molar-refractivity contribution is 7.99. The molecular formula is C18H32N2O2S. The summed E-state index contributed by atoms with van der Waals surface area (Å²) in [5.41, 5.74) is 0. The van der Waals surface area contributed by atoms with Crippen molar-refractivity contribution in [3.63, 3.8) is 0 Å². The van der Waals surface area contributed by atoms with Gasteiger partial charge in [-0.1, -0.05) is 20.8 Å². The van der Waals surface area contributed by atoms with Crippen LogP contribution < -0.4 is 0 Å². The number of carbonyl (C=O) groups is 2. The van der Waals surface area contributed by atoms with Gasteiger partial charge in [-0.25, -0.2) is 0 Å². The van der Waals surface area contributed by atoms with Gasteiger partial charge in [0.25, 0.3) is 0 Å². The topological polar surface area (TPSA) is 40.6 Å². The summed E-state index contributed by atoms with van der Waals surface area (Å²) in [5.74, 6) is 1.84. The second-order valence-corrected chi connectivity index (χ2v) is 8.82. The van der Waals surface area contributed by atoms with Gasteiger partial charge >= 0.3 is 0 Å². The molecule has 0 bridgehead atoms. The average molecular weight is 341 g/mol. The Kier molecular flexibility index (Phi) is 6.81. The molecule has 2 rings (SSSR count). The quantitative estimate of drug-likeness (QED) is 0.772. The Balaban J connectivity index is 1.81. The molecule has 0 aromatic rings. The Morgan fingerprint density at radius 2 is 1.83 bits per heavy atom. The van der Waals surface area contributed by atoms with E-state index in [1.165, 1.54) is 6.42 Å². The Morgan fingerprint density at radius 3 is 2.39 bits per heavy atom. The van der Waals surface area contributed by atoms with Gasteiger partial charge in [0.15, 0.2) is 0 Å². The zero-order valence-corrected chi connectivity index (χ0v) is 15.9. The summed E-state index contributed by atoms with van der Waals surface area (Å²) in [6.45, 7) is 7.57. The van der Waals surface area contributed by atoms with Crippen LogP contribution in [-0.2, 0) is 9.59 Å². The molecule has 23 heavy (non-hydrogen) atoms. The van der Waals surface area contributed by atoms with E-state index in [0.717, 1.165) is 49.8 Å². The van der Waals surface area contributed by atoms with E-state index in [2.05, 4.69) is 6.92 Å². The van der Waals surface area contributed by atoms with Crippen molar-refractivity contribution >= 4 is 23.6 Å². The monoisotopic (exact) mass is 340 g/mol. The number of rotatable bonds is 5. The van der Waals surface area contributed by atoms with E-state index in [1.807, 2.05) is 42.5 Å². The standard InChI is InChI=1S/C18H32N2O2S/c1-5-23-16-7-6-15(12-16)19(4)18(22)14-8-10-20(11-9-14)17(21)13(2)3/h13-16H,5-12H2,1-4H3/t15-,16+/m1/s1. The molecule has 1 heterocycles. The van der Waals surface area contributed by atoms with E-state index in [0.29, 0.717) is 11.9 Å². The molecule has 132 valence electrons. The zero-order valence-electron chi connectivity index (χ0n) is 15.1. The van der Waals surface area contributed by atoms with Crippen molar-refractivity contribution in [2.75, 3.05) is 25.9 Å². The number of thioether (sulfide) groups is 1. The molecule has 2 fully saturated rings. The lowest BCUT2D eigenvalue weighted by atomic mass is 9.94. The fourth-order valence-electron chi connectivity index (χ4n) is 3.84. The second-order valence-electron chi connectivity index (χ2n) is 7.25. The van der Waals surface area contributed by atoms with Crippen LogP contribution in [0.1, 0.15) is 52.9 Å². The van der Waals surface area contributed by atoms with E-state index >= 15 is 0 Å². The van der Waals surface area contributed by atoms with Crippen LogP contribution in [0.25, 0.3) is 0 Å². The van der Waals surface area contributed by atoms with E-state index in [-0.39, 0.29) is 17.7 Å². The fourth-order valence-corrected chi connectivity index (χ4v) is 4.97. The van der Waals surface area contributed by atoms with Crippen LogP contribution in [0.15, 0.2) is 0 Å². The van der Waals surface area contributed by atoms with Crippen molar-refractivity contribution in [1.29, 1.82) is 0 Å². The lowest BCUT2D eigenvalue weighted by Crippen LogP contribution is -2.46. The average Bonchev–Trinajstić information content (AvgIpc) is 3.02. The van der Waals surface area contributed by atoms with Crippen LogP contribution in [0.4, 0.5) is 0 Å². The first-order chi connectivity index (χ1) is 10.9. The third-order valence-corrected chi connectivity index (χ3v) is 6.54. The van der Waals surface area contributed by atoms with Gasteiger partial charge in [-0.15, -0.1) is 0 Å². The molecule has 1 saturated carbocycles. The summed E-state index contributed by atoms with van der Waals surface area (Å²) in [6, 6.07) is 0.418. The molecule has 5 heteroatoms. The highest BCUT2D eigenvalue weighted by Gasteiger charge is 2.34. The molecule has 0 unspecified atom stereocenters. The lowest BCUT2D eigenvalue weighted by Gasteiger charge is -2.35. The number of nitrogens with zero attached hydrogens (tertiary/aromatic N) is 2. The number of likely N-dealkylation sites (tertiary alicyclic amines) is 1. The van der Waals surface area contributed by atoms with Crippen LogP contribution in [0.2, 0.25) is 0 Å². The van der Waals surface area contributed by atoms with Gasteiger partial charge in [0.2, 0.25) is 11.8 Å². The summed E-state index contributed by atoms with van der Waals surface area (Å²) in [7, 11) is 1.98. The number of piperidine rings is 1. The smallest absolute Gasteiger partial charge is 0.225 e. The zero-order chi connectivity index (χ0) is 17.0. The van der Waals surface area contributed by atoms with Crippen LogP contribution >= 0.6 is 11.8 Å². The third kappa shape index (κ3) is 4.65. The van der Waals surface area contributed by atoms with Crippen LogP contribution in [-0.4, -0.2) is 58.8 Å². The second kappa shape index (κ2) is 8.41. The van der Waals surface area contributed by atoms with Crippen molar-refractivity contribution in [3.05, 3.63) is 0 Å².